The molecule has 3 rings (SSSR count). The van der Waals surface area contributed by atoms with Crippen molar-refractivity contribution in [3.05, 3.63) is 54.2 Å². The van der Waals surface area contributed by atoms with E-state index in [1.54, 1.807) is 31.3 Å². The van der Waals surface area contributed by atoms with Gasteiger partial charge in [0.15, 0.2) is 0 Å². The maximum atomic E-state index is 13.1. The highest BCUT2D eigenvalue weighted by Gasteiger charge is 2.22. The third kappa shape index (κ3) is 2.35. The molecule has 2 aromatic heterocycles. The van der Waals surface area contributed by atoms with Gasteiger partial charge in [-0.05, 0) is 37.3 Å². The Bertz CT molecular complexity index is 796. The van der Waals surface area contributed by atoms with E-state index in [2.05, 4.69) is 10.1 Å². The van der Waals surface area contributed by atoms with E-state index in [9.17, 15) is 9.18 Å². The summed E-state index contributed by atoms with van der Waals surface area (Å²) in [6.07, 6.45) is 3.08. The lowest BCUT2D eigenvalue weighted by Crippen LogP contribution is -2.05. The van der Waals surface area contributed by atoms with Gasteiger partial charge in [-0.2, -0.15) is 5.10 Å². The molecule has 0 saturated carbocycles. The monoisotopic (exact) mass is 285 g/mol. The Morgan fingerprint density at radius 2 is 2.05 bits per heavy atom. The Morgan fingerprint density at radius 3 is 2.76 bits per heavy atom. The minimum atomic E-state index is -0.460. The van der Waals surface area contributed by atoms with Gasteiger partial charge in [0, 0.05) is 11.8 Å². The van der Waals surface area contributed by atoms with E-state index in [0.717, 1.165) is 0 Å². The third-order valence-corrected chi connectivity index (χ3v) is 3.04. The Balaban J connectivity index is 2.23. The molecule has 0 aliphatic rings. The van der Waals surface area contributed by atoms with Crippen LogP contribution in [0.5, 0.6) is 0 Å². The lowest BCUT2D eigenvalue weighted by atomic mass is 10.1. The number of nitrogens with zero attached hydrogens (tertiary/aromatic N) is 3. The molecule has 0 unspecified atom stereocenters. The number of esters is 1. The smallest absolute Gasteiger partial charge is 0.342 e. The number of benzene rings is 1. The first kappa shape index (κ1) is 13.2. The summed E-state index contributed by atoms with van der Waals surface area (Å²) in [6.45, 7) is 2.01. The highest BCUT2D eigenvalue weighted by Crippen LogP contribution is 2.26. The van der Waals surface area contributed by atoms with Crippen molar-refractivity contribution in [2.45, 2.75) is 6.92 Å². The van der Waals surface area contributed by atoms with Crippen molar-refractivity contribution < 1.29 is 13.9 Å². The lowest BCUT2D eigenvalue weighted by molar-refractivity contribution is 0.0529. The molecule has 21 heavy (non-hydrogen) atoms. The zero-order valence-corrected chi connectivity index (χ0v) is 11.3. The van der Waals surface area contributed by atoms with Crippen LogP contribution in [-0.2, 0) is 4.74 Å². The van der Waals surface area contributed by atoms with Crippen LogP contribution in [0.4, 0.5) is 4.39 Å². The quantitative estimate of drug-likeness (QED) is 0.694. The van der Waals surface area contributed by atoms with Gasteiger partial charge in [-0.15, -0.1) is 0 Å². The summed E-state index contributed by atoms with van der Waals surface area (Å²) < 4.78 is 19.7. The van der Waals surface area contributed by atoms with Gasteiger partial charge in [0.05, 0.1) is 12.1 Å². The molecule has 106 valence electrons. The fourth-order valence-corrected chi connectivity index (χ4v) is 2.12. The summed E-state index contributed by atoms with van der Waals surface area (Å²) in [6, 6.07) is 7.49. The van der Waals surface area contributed by atoms with Crippen LogP contribution in [0.3, 0.4) is 0 Å². The number of rotatable bonds is 3. The zero-order valence-electron chi connectivity index (χ0n) is 11.3. The number of ether oxygens (including phenoxy) is 1. The molecule has 0 spiro atoms. The highest BCUT2D eigenvalue weighted by molar-refractivity contribution is 6.03. The van der Waals surface area contributed by atoms with Crippen LogP contribution in [0.2, 0.25) is 0 Å². The van der Waals surface area contributed by atoms with Crippen LogP contribution in [0.1, 0.15) is 17.3 Å². The molecule has 2 heterocycles. The molecule has 0 amide bonds. The normalized spacial score (nSPS) is 10.8. The summed E-state index contributed by atoms with van der Waals surface area (Å²) in [5, 5.41) is 4.35. The van der Waals surface area contributed by atoms with Gasteiger partial charge in [0.2, 0.25) is 0 Å². The van der Waals surface area contributed by atoms with Crippen molar-refractivity contribution in [1.82, 2.24) is 14.6 Å². The van der Waals surface area contributed by atoms with Crippen LogP contribution in [-0.4, -0.2) is 27.2 Å². The van der Waals surface area contributed by atoms with Gasteiger partial charge in [-0.25, -0.2) is 18.7 Å². The maximum absolute atomic E-state index is 13.1. The SMILES string of the molecule is CCOC(=O)c1c(-c2ccc(F)cc2)nn2cnccc12. The largest absolute Gasteiger partial charge is 0.462 e. The van der Waals surface area contributed by atoms with E-state index < -0.39 is 5.97 Å². The molecular weight excluding hydrogens is 273 g/mol. The summed E-state index contributed by atoms with van der Waals surface area (Å²) in [5.74, 6) is -0.806. The molecule has 0 fully saturated rings. The fraction of sp³-hybridized carbons (Fsp3) is 0.133. The molecule has 0 atom stereocenters. The van der Waals surface area contributed by atoms with E-state index in [1.807, 2.05) is 0 Å². The first-order valence-electron chi connectivity index (χ1n) is 6.46. The van der Waals surface area contributed by atoms with Crippen LogP contribution >= 0.6 is 0 Å². The number of halogens is 1. The predicted molar refractivity (Wildman–Crippen MR) is 74.3 cm³/mol. The van der Waals surface area contributed by atoms with Crippen molar-refractivity contribution in [3.8, 4) is 11.3 Å². The van der Waals surface area contributed by atoms with Crippen LogP contribution < -0.4 is 0 Å². The second-order valence-corrected chi connectivity index (χ2v) is 4.36. The van der Waals surface area contributed by atoms with Crippen LogP contribution in [0, 0.1) is 5.82 Å². The predicted octanol–water partition coefficient (Wildman–Crippen LogP) is 2.71. The second kappa shape index (κ2) is 5.32. The maximum Gasteiger partial charge on any atom is 0.342 e. The molecule has 0 N–H and O–H groups in total. The Labute approximate surface area is 120 Å². The first-order valence-corrected chi connectivity index (χ1v) is 6.46. The van der Waals surface area contributed by atoms with Crippen molar-refractivity contribution in [2.75, 3.05) is 6.61 Å². The summed E-state index contributed by atoms with van der Waals surface area (Å²) in [7, 11) is 0. The summed E-state index contributed by atoms with van der Waals surface area (Å²) >= 11 is 0. The lowest BCUT2D eigenvalue weighted by Gasteiger charge is -2.03. The van der Waals surface area contributed by atoms with E-state index in [0.29, 0.717) is 22.3 Å². The van der Waals surface area contributed by atoms with Crippen molar-refractivity contribution >= 4 is 11.5 Å². The molecule has 0 aliphatic carbocycles. The third-order valence-electron chi connectivity index (χ3n) is 3.04. The van der Waals surface area contributed by atoms with E-state index >= 15 is 0 Å². The minimum absolute atomic E-state index is 0.268. The summed E-state index contributed by atoms with van der Waals surface area (Å²) in [4.78, 5) is 16.2. The van der Waals surface area contributed by atoms with Gasteiger partial charge >= 0.3 is 5.97 Å². The van der Waals surface area contributed by atoms with Crippen molar-refractivity contribution in [3.63, 3.8) is 0 Å². The molecule has 0 bridgehead atoms. The topological polar surface area (TPSA) is 56.5 Å². The average molecular weight is 285 g/mol. The van der Waals surface area contributed by atoms with Gasteiger partial charge in [-0.1, -0.05) is 0 Å². The van der Waals surface area contributed by atoms with Crippen LogP contribution in [0.15, 0.2) is 42.9 Å². The summed E-state index contributed by atoms with van der Waals surface area (Å²) in [5.41, 5.74) is 2.04. The molecule has 0 saturated heterocycles. The van der Waals surface area contributed by atoms with Crippen LogP contribution in [0.25, 0.3) is 16.8 Å². The molecule has 1 aromatic carbocycles. The number of hydrogen-bond donors (Lipinski definition) is 0. The standard InChI is InChI=1S/C15H12FN3O2/c1-2-21-15(20)13-12-7-8-17-9-19(12)18-14(13)10-3-5-11(16)6-4-10/h3-9H,2H2,1H3. The Hall–Kier alpha value is -2.76. The van der Waals surface area contributed by atoms with E-state index in [4.69, 9.17) is 4.74 Å². The molecule has 0 aliphatic heterocycles. The number of fused-ring (bicyclic) bond motifs is 1. The average Bonchev–Trinajstić information content (AvgIpc) is 2.87. The second-order valence-electron chi connectivity index (χ2n) is 4.36. The number of carbonyl (C=O) groups excluding carboxylic acids is 1. The fourth-order valence-electron chi connectivity index (χ4n) is 2.12. The highest BCUT2D eigenvalue weighted by atomic mass is 19.1. The molecule has 5 nitrogen and oxygen atoms in total. The Kier molecular flexibility index (Phi) is 3.35. The van der Waals surface area contributed by atoms with Crippen molar-refractivity contribution in [1.29, 1.82) is 0 Å². The van der Waals surface area contributed by atoms with Gasteiger partial charge in [0.1, 0.15) is 23.4 Å². The molecule has 0 radical (unpaired) electrons. The molecule has 3 aromatic rings. The zero-order chi connectivity index (χ0) is 14.8. The van der Waals surface area contributed by atoms with Gasteiger partial charge in [-0.3, -0.25) is 0 Å². The minimum Gasteiger partial charge on any atom is -0.462 e. The number of aromatic nitrogens is 3. The first-order chi connectivity index (χ1) is 10.2. The van der Waals surface area contributed by atoms with E-state index in [1.165, 1.54) is 23.0 Å². The number of hydrogen-bond acceptors (Lipinski definition) is 4. The van der Waals surface area contributed by atoms with Gasteiger partial charge in [0.25, 0.3) is 0 Å². The molecular formula is C15H12FN3O2. The Morgan fingerprint density at radius 1 is 1.29 bits per heavy atom. The van der Waals surface area contributed by atoms with Crippen molar-refractivity contribution in [2.24, 2.45) is 0 Å². The number of carbonyl (C=O) groups is 1. The van der Waals surface area contributed by atoms with Gasteiger partial charge < -0.3 is 4.74 Å². The van der Waals surface area contributed by atoms with E-state index in [-0.39, 0.29) is 12.4 Å². The molecule has 6 heteroatoms.